The van der Waals surface area contributed by atoms with Crippen LogP contribution in [0.15, 0.2) is 52.4 Å². The van der Waals surface area contributed by atoms with Crippen molar-refractivity contribution in [2.75, 3.05) is 7.11 Å². The summed E-state index contributed by atoms with van der Waals surface area (Å²) in [7, 11) is 1.42. The van der Waals surface area contributed by atoms with E-state index in [4.69, 9.17) is 9.26 Å². The monoisotopic (exact) mass is 381 g/mol. The lowest BCUT2D eigenvalue weighted by molar-refractivity contribution is 0.384. The van der Waals surface area contributed by atoms with Crippen molar-refractivity contribution in [1.82, 2.24) is 15.1 Å². The summed E-state index contributed by atoms with van der Waals surface area (Å²) in [5.74, 6) is 0.478. The normalized spacial score (nSPS) is 10.9. The number of nitrogens with zero attached hydrogens (tertiary/aromatic N) is 3. The Bertz CT molecular complexity index is 1070. The van der Waals surface area contributed by atoms with Gasteiger partial charge in [0.05, 0.1) is 19.2 Å². The Morgan fingerprint density at radius 1 is 1.07 bits per heavy atom. The Labute approximate surface area is 159 Å². The lowest BCUT2D eigenvalue weighted by Gasteiger charge is -2.01. The zero-order valence-corrected chi connectivity index (χ0v) is 15.6. The second kappa shape index (κ2) is 7.28. The van der Waals surface area contributed by atoms with Gasteiger partial charge in [-0.15, -0.1) is 11.3 Å². The van der Waals surface area contributed by atoms with E-state index in [2.05, 4.69) is 46.3 Å². The van der Waals surface area contributed by atoms with Crippen LogP contribution in [0, 0.1) is 12.7 Å². The van der Waals surface area contributed by atoms with Crippen molar-refractivity contribution in [2.45, 2.75) is 13.3 Å². The molecule has 27 heavy (non-hydrogen) atoms. The topological polar surface area (TPSA) is 61.0 Å². The number of benzene rings is 2. The van der Waals surface area contributed by atoms with Gasteiger partial charge in [-0.2, -0.15) is 4.98 Å². The fourth-order valence-electron chi connectivity index (χ4n) is 2.63. The number of ether oxygens (including phenoxy) is 1. The average Bonchev–Trinajstić information content (AvgIpc) is 3.32. The second-order valence-corrected chi connectivity index (χ2v) is 6.97. The van der Waals surface area contributed by atoms with Gasteiger partial charge in [-0.05, 0) is 25.1 Å². The van der Waals surface area contributed by atoms with Crippen LogP contribution in [0.25, 0.3) is 22.6 Å². The number of hydrogen-bond acceptors (Lipinski definition) is 6. The largest absolute Gasteiger partial charge is 0.494 e. The van der Waals surface area contributed by atoms with E-state index in [0.717, 1.165) is 16.3 Å². The highest BCUT2D eigenvalue weighted by molar-refractivity contribution is 7.10. The second-order valence-electron chi connectivity index (χ2n) is 6.03. The minimum atomic E-state index is -0.469. The highest BCUT2D eigenvalue weighted by atomic mass is 32.1. The van der Waals surface area contributed by atoms with Crippen LogP contribution < -0.4 is 4.74 Å². The quantitative estimate of drug-likeness (QED) is 0.492. The Morgan fingerprint density at radius 2 is 1.85 bits per heavy atom. The molecular weight excluding hydrogens is 365 g/mol. The molecule has 136 valence electrons. The smallest absolute Gasteiger partial charge is 0.233 e. The summed E-state index contributed by atoms with van der Waals surface area (Å²) in [5.41, 5.74) is 3.74. The molecule has 0 unspecified atom stereocenters. The van der Waals surface area contributed by atoms with Crippen LogP contribution in [-0.2, 0) is 6.42 Å². The number of aryl methyl sites for hydroxylation is 1. The highest BCUT2D eigenvalue weighted by Crippen LogP contribution is 2.26. The van der Waals surface area contributed by atoms with Gasteiger partial charge < -0.3 is 9.26 Å². The Morgan fingerprint density at radius 3 is 2.59 bits per heavy atom. The lowest BCUT2D eigenvalue weighted by Crippen LogP contribution is -1.90. The van der Waals surface area contributed by atoms with E-state index in [-0.39, 0.29) is 5.75 Å². The van der Waals surface area contributed by atoms with Gasteiger partial charge in [-0.25, -0.2) is 9.37 Å². The predicted molar refractivity (Wildman–Crippen MR) is 101 cm³/mol. The molecule has 0 atom stereocenters. The van der Waals surface area contributed by atoms with E-state index in [1.807, 2.05) is 5.38 Å². The summed E-state index contributed by atoms with van der Waals surface area (Å²) < 4.78 is 24.1. The summed E-state index contributed by atoms with van der Waals surface area (Å²) in [6.45, 7) is 2.05. The maximum atomic E-state index is 13.9. The summed E-state index contributed by atoms with van der Waals surface area (Å²) in [4.78, 5) is 8.99. The molecule has 0 saturated carbocycles. The van der Waals surface area contributed by atoms with Gasteiger partial charge >= 0.3 is 0 Å². The first-order valence-electron chi connectivity index (χ1n) is 8.30. The molecular formula is C20H16FN3O2S. The Hall–Kier alpha value is -3.06. The minimum Gasteiger partial charge on any atom is -0.494 e. The van der Waals surface area contributed by atoms with Crippen LogP contribution in [-0.4, -0.2) is 22.2 Å². The van der Waals surface area contributed by atoms with Crippen molar-refractivity contribution >= 4 is 11.3 Å². The van der Waals surface area contributed by atoms with Gasteiger partial charge in [-0.1, -0.05) is 35.0 Å². The van der Waals surface area contributed by atoms with E-state index in [1.54, 1.807) is 17.4 Å². The van der Waals surface area contributed by atoms with Crippen molar-refractivity contribution in [2.24, 2.45) is 0 Å². The number of methoxy groups -OCH3 is 1. The van der Waals surface area contributed by atoms with Crippen LogP contribution >= 0.6 is 11.3 Å². The molecule has 0 amide bonds. The first kappa shape index (κ1) is 17.4. The van der Waals surface area contributed by atoms with Gasteiger partial charge in [0.2, 0.25) is 11.7 Å². The molecule has 2 aromatic carbocycles. The fraction of sp³-hybridized carbons (Fsp3) is 0.150. The molecule has 0 radical (unpaired) electrons. The molecule has 0 aliphatic heterocycles. The van der Waals surface area contributed by atoms with Crippen molar-refractivity contribution in [3.63, 3.8) is 0 Å². The molecule has 7 heteroatoms. The molecule has 2 heterocycles. The molecule has 4 rings (SSSR count). The summed E-state index contributed by atoms with van der Waals surface area (Å²) >= 11 is 1.54. The zero-order chi connectivity index (χ0) is 18.8. The molecule has 4 aromatic rings. The van der Waals surface area contributed by atoms with Gasteiger partial charge in [0.1, 0.15) is 5.01 Å². The molecule has 0 bridgehead atoms. The number of rotatable bonds is 5. The third-order valence-corrected chi connectivity index (χ3v) is 4.93. The highest BCUT2D eigenvalue weighted by Gasteiger charge is 2.14. The molecule has 0 aliphatic rings. The van der Waals surface area contributed by atoms with Crippen LogP contribution in [0.1, 0.15) is 16.5 Å². The van der Waals surface area contributed by atoms with Crippen molar-refractivity contribution in [3.8, 4) is 28.4 Å². The molecule has 5 nitrogen and oxygen atoms in total. The van der Waals surface area contributed by atoms with Crippen molar-refractivity contribution < 1.29 is 13.7 Å². The lowest BCUT2D eigenvalue weighted by atomic mass is 10.1. The molecule has 0 fully saturated rings. The average molecular weight is 381 g/mol. The third-order valence-electron chi connectivity index (χ3n) is 4.08. The number of halogens is 1. The van der Waals surface area contributed by atoms with Gasteiger partial charge in [0, 0.05) is 16.5 Å². The standard InChI is InChI=1S/C20H16FN3O2S/c1-12-3-5-13(6-4-12)16-11-27-19(22-16)10-18-23-20(24-26-18)14-7-8-17(25-2)15(21)9-14/h3-9,11H,10H2,1-2H3. The summed E-state index contributed by atoms with van der Waals surface area (Å²) in [6, 6.07) is 12.8. The predicted octanol–water partition coefficient (Wildman–Crippen LogP) is 4.91. The van der Waals surface area contributed by atoms with Gasteiger partial charge in [0.25, 0.3) is 0 Å². The Kier molecular flexibility index (Phi) is 4.68. The molecule has 0 saturated heterocycles. The summed E-state index contributed by atoms with van der Waals surface area (Å²) in [5, 5.41) is 6.82. The van der Waals surface area contributed by atoms with Crippen LogP contribution in [0.2, 0.25) is 0 Å². The maximum absolute atomic E-state index is 13.9. The van der Waals surface area contributed by atoms with Crippen molar-refractivity contribution in [1.29, 1.82) is 0 Å². The first-order valence-corrected chi connectivity index (χ1v) is 9.18. The fourth-order valence-corrected chi connectivity index (χ4v) is 3.42. The zero-order valence-electron chi connectivity index (χ0n) is 14.8. The van der Waals surface area contributed by atoms with Crippen molar-refractivity contribution in [3.05, 3.63) is 70.1 Å². The molecule has 0 aliphatic carbocycles. The van der Waals surface area contributed by atoms with Crippen LogP contribution in [0.3, 0.4) is 0 Å². The Balaban J connectivity index is 1.51. The SMILES string of the molecule is COc1ccc(-c2noc(Cc3nc(-c4ccc(C)cc4)cs3)n2)cc1F. The minimum absolute atomic E-state index is 0.175. The van der Waals surface area contributed by atoms with E-state index in [0.29, 0.717) is 23.7 Å². The van der Waals surface area contributed by atoms with Gasteiger partial charge in [0.15, 0.2) is 11.6 Å². The van der Waals surface area contributed by atoms with E-state index in [9.17, 15) is 4.39 Å². The number of thiazole rings is 1. The number of aromatic nitrogens is 3. The number of hydrogen-bond donors (Lipinski definition) is 0. The molecule has 0 N–H and O–H groups in total. The molecule has 0 spiro atoms. The van der Waals surface area contributed by atoms with Gasteiger partial charge in [-0.3, -0.25) is 0 Å². The van der Waals surface area contributed by atoms with E-state index >= 15 is 0 Å². The van der Waals surface area contributed by atoms with E-state index < -0.39 is 5.82 Å². The van der Waals surface area contributed by atoms with Crippen LogP contribution in [0.4, 0.5) is 4.39 Å². The first-order chi connectivity index (χ1) is 13.1. The maximum Gasteiger partial charge on any atom is 0.233 e. The molecule has 2 aromatic heterocycles. The van der Waals surface area contributed by atoms with Crippen LogP contribution in [0.5, 0.6) is 5.75 Å². The summed E-state index contributed by atoms with van der Waals surface area (Å²) in [6.07, 6.45) is 0.433. The third kappa shape index (κ3) is 3.73. The van der Waals surface area contributed by atoms with E-state index in [1.165, 1.54) is 24.8 Å².